The molecule has 0 radical (unpaired) electrons. The smallest absolute Gasteiger partial charge is 0.189 e. The fourth-order valence-electron chi connectivity index (χ4n) is 1.79. The van der Waals surface area contributed by atoms with Crippen molar-refractivity contribution in [2.75, 3.05) is 0 Å². The van der Waals surface area contributed by atoms with Gasteiger partial charge in [0.1, 0.15) is 24.1 Å². The zero-order valence-corrected chi connectivity index (χ0v) is 11.8. The van der Waals surface area contributed by atoms with E-state index >= 15 is 0 Å². The predicted octanol–water partition coefficient (Wildman–Crippen LogP) is 2.77. The Morgan fingerprint density at radius 3 is 2.70 bits per heavy atom. The zero-order valence-electron chi connectivity index (χ0n) is 11.8. The number of ether oxygens (including phenoxy) is 1. The van der Waals surface area contributed by atoms with Gasteiger partial charge in [-0.15, -0.1) is 5.10 Å². The minimum atomic E-state index is 0.304. The van der Waals surface area contributed by atoms with Crippen LogP contribution in [0.4, 0.5) is 0 Å². The van der Waals surface area contributed by atoms with Crippen LogP contribution in [0.2, 0.25) is 0 Å². The van der Waals surface area contributed by atoms with Crippen LogP contribution in [0.15, 0.2) is 30.3 Å². The van der Waals surface area contributed by atoms with E-state index in [2.05, 4.69) is 30.2 Å². The molecule has 104 valence electrons. The van der Waals surface area contributed by atoms with Gasteiger partial charge in [-0.25, -0.2) is 4.68 Å². The van der Waals surface area contributed by atoms with Crippen LogP contribution in [-0.2, 0) is 13.2 Å². The summed E-state index contributed by atoms with van der Waals surface area (Å²) in [7, 11) is 0. The third kappa shape index (κ3) is 3.58. The molecule has 5 heteroatoms. The van der Waals surface area contributed by atoms with Crippen molar-refractivity contribution in [3.63, 3.8) is 0 Å². The van der Waals surface area contributed by atoms with Crippen molar-refractivity contribution >= 4 is 0 Å². The normalized spacial score (nSPS) is 10.5. The molecule has 1 aromatic heterocycles. The molecule has 0 saturated heterocycles. The Balaban J connectivity index is 2.09. The van der Waals surface area contributed by atoms with Crippen molar-refractivity contribution in [2.24, 2.45) is 5.92 Å². The highest BCUT2D eigenvalue weighted by Gasteiger charge is 2.13. The fraction of sp³-hybridized carbons (Fsp3) is 0.400. The second kappa shape index (κ2) is 6.71. The van der Waals surface area contributed by atoms with E-state index in [0.717, 1.165) is 24.4 Å². The molecule has 1 heterocycles. The summed E-state index contributed by atoms with van der Waals surface area (Å²) in [5, 5.41) is 17.0. The minimum absolute atomic E-state index is 0.304. The average molecular weight is 270 g/mol. The molecule has 0 saturated carbocycles. The summed E-state index contributed by atoms with van der Waals surface area (Å²) in [6.07, 6.45) is 0.993. The zero-order chi connectivity index (χ0) is 14.4. The Hall–Kier alpha value is -2.35. The van der Waals surface area contributed by atoms with E-state index in [-0.39, 0.29) is 0 Å². The van der Waals surface area contributed by atoms with Crippen molar-refractivity contribution in [1.29, 1.82) is 5.26 Å². The van der Waals surface area contributed by atoms with Gasteiger partial charge in [-0.2, -0.15) is 5.26 Å². The molecule has 0 spiro atoms. The molecule has 0 bridgehead atoms. The molecule has 0 unspecified atom stereocenters. The maximum absolute atomic E-state index is 9.08. The van der Waals surface area contributed by atoms with Crippen LogP contribution in [0, 0.1) is 17.2 Å². The Kier molecular flexibility index (Phi) is 4.72. The van der Waals surface area contributed by atoms with E-state index in [1.807, 2.05) is 30.3 Å². The highest BCUT2D eigenvalue weighted by Crippen LogP contribution is 2.14. The number of hydrogen-bond donors (Lipinski definition) is 0. The van der Waals surface area contributed by atoms with Gasteiger partial charge in [-0.05, 0) is 24.5 Å². The molecule has 20 heavy (non-hydrogen) atoms. The Morgan fingerprint density at radius 2 is 2.05 bits per heavy atom. The van der Waals surface area contributed by atoms with Crippen LogP contribution < -0.4 is 4.74 Å². The van der Waals surface area contributed by atoms with Gasteiger partial charge >= 0.3 is 0 Å². The van der Waals surface area contributed by atoms with Crippen LogP contribution in [-0.4, -0.2) is 15.0 Å². The van der Waals surface area contributed by atoms with Crippen LogP contribution in [0.3, 0.4) is 0 Å². The van der Waals surface area contributed by atoms with Crippen LogP contribution in [0.5, 0.6) is 5.75 Å². The lowest BCUT2D eigenvalue weighted by Crippen LogP contribution is -2.10. The fourth-order valence-corrected chi connectivity index (χ4v) is 1.79. The van der Waals surface area contributed by atoms with Crippen molar-refractivity contribution in [1.82, 2.24) is 15.0 Å². The molecule has 0 N–H and O–H groups in total. The number of para-hydroxylation sites is 1. The molecular formula is C15H18N4O. The highest BCUT2D eigenvalue weighted by atomic mass is 16.5. The first-order chi connectivity index (χ1) is 9.70. The Bertz CT molecular complexity index is 584. The summed E-state index contributed by atoms with van der Waals surface area (Å²) >= 11 is 0. The second-order valence-electron chi connectivity index (χ2n) is 5.00. The van der Waals surface area contributed by atoms with Crippen LogP contribution in [0.1, 0.15) is 31.7 Å². The quantitative estimate of drug-likeness (QED) is 0.809. The molecule has 1 aromatic carbocycles. The van der Waals surface area contributed by atoms with Crippen molar-refractivity contribution in [3.05, 3.63) is 41.7 Å². The van der Waals surface area contributed by atoms with E-state index in [1.165, 1.54) is 0 Å². The van der Waals surface area contributed by atoms with Gasteiger partial charge in [-0.1, -0.05) is 37.3 Å². The molecular weight excluding hydrogens is 252 g/mol. The van der Waals surface area contributed by atoms with Crippen molar-refractivity contribution in [3.8, 4) is 11.8 Å². The summed E-state index contributed by atoms with van der Waals surface area (Å²) in [4.78, 5) is 0. The van der Waals surface area contributed by atoms with Gasteiger partial charge in [0.25, 0.3) is 0 Å². The standard InChI is InChI=1S/C15H18N4O/c1-12(2)8-9-19-15(14(10-16)17-18-19)11-20-13-6-4-3-5-7-13/h3-7,12H,8-9,11H2,1-2H3. The van der Waals surface area contributed by atoms with E-state index in [1.54, 1.807) is 4.68 Å². The molecule has 0 aliphatic heterocycles. The maximum atomic E-state index is 9.08. The van der Waals surface area contributed by atoms with Crippen LogP contribution in [0.25, 0.3) is 0 Å². The Morgan fingerprint density at radius 1 is 1.30 bits per heavy atom. The van der Waals surface area contributed by atoms with Crippen molar-refractivity contribution < 1.29 is 4.74 Å². The van der Waals surface area contributed by atoms with E-state index in [0.29, 0.717) is 18.2 Å². The summed E-state index contributed by atoms with van der Waals surface area (Å²) in [6, 6.07) is 11.6. The topological polar surface area (TPSA) is 63.7 Å². The first-order valence-corrected chi connectivity index (χ1v) is 6.71. The molecule has 2 aromatic rings. The number of benzene rings is 1. The number of aryl methyl sites for hydroxylation is 1. The third-order valence-corrected chi connectivity index (χ3v) is 2.98. The SMILES string of the molecule is CC(C)CCn1nnc(C#N)c1COc1ccccc1. The molecule has 0 fully saturated rings. The van der Waals surface area contributed by atoms with Gasteiger partial charge < -0.3 is 4.74 Å². The first kappa shape index (κ1) is 14.1. The van der Waals surface area contributed by atoms with Crippen LogP contribution >= 0.6 is 0 Å². The number of aromatic nitrogens is 3. The van der Waals surface area contributed by atoms with Gasteiger partial charge in [0.2, 0.25) is 0 Å². The van der Waals surface area contributed by atoms with E-state index < -0.39 is 0 Å². The number of nitriles is 1. The molecule has 0 atom stereocenters. The lowest BCUT2D eigenvalue weighted by Gasteiger charge is -2.09. The van der Waals surface area contributed by atoms with Gasteiger partial charge in [0, 0.05) is 6.54 Å². The monoisotopic (exact) mass is 270 g/mol. The number of hydrogen-bond acceptors (Lipinski definition) is 4. The molecule has 0 aliphatic carbocycles. The lowest BCUT2D eigenvalue weighted by atomic mass is 10.1. The van der Waals surface area contributed by atoms with E-state index in [4.69, 9.17) is 10.00 Å². The number of nitrogens with zero attached hydrogens (tertiary/aromatic N) is 4. The van der Waals surface area contributed by atoms with Gasteiger partial charge in [-0.3, -0.25) is 0 Å². The summed E-state index contributed by atoms with van der Waals surface area (Å²) in [5.74, 6) is 1.35. The largest absolute Gasteiger partial charge is 0.487 e. The predicted molar refractivity (Wildman–Crippen MR) is 75.0 cm³/mol. The average Bonchev–Trinajstić information content (AvgIpc) is 2.86. The highest BCUT2D eigenvalue weighted by molar-refractivity contribution is 5.26. The maximum Gasteiger partial charge on any atom is 0.189 e. The second-order valence-corrected chi connectivity index (χ2v) is 5.00. The molecule has 0 amide bonds. The summed E-state index contributed by atoms with van der Waals surface area (Å²) in [6.45, 7) is 5.36. The third-order valence-electron chi connectivity index (χ3n) is 2.98. The lowest BCUT2D eigenvalue weighted by molar-refractivity contribution is 0.289. The first-order valence-electron chi connectivity index (χ1n) is 6.71. The Labute approximate surface area is 118 Å². The summed E-state index contributed by atoms with van der Waals surface area (Å²) < 4.78 is 7.45. The number of rotatable bonds is 6. The summed E-state index contributed by atoms with van der Waals surface area (Å²) in [5.41, 5.74) is 1.07. The van der Waals surface area contributed by atoms with E-state index in [9.17, 15) is 0 Å². The van der Waals surface area contributed by atoms with Crippen molar-refractivity contribution in [2.45, 2.75) is 33.4 Å². The van der Waals surface area contributed by atoms with Gasteiger partial charge in [0.15, 0.2) is 5.69 Å². The minimum Gasteiger partial charge on any atom is -0.487 e. The van der Waals surface area contributed by atoms with Gasteiger partial charge in [0.05, 0.1) is 0 Å². The molecule has 0 aliphatic rings. The molecule has 2 rings (SSSR count). The molecule has 5 nitrogen and oxygen atoms in total.